The Hall–Kier alpha value is -1.94. The van der Waals surface area contributed by atoms with Gasteiger partial charge in [0.15, 0.2) is 0 Å². The number of thioether (sulfide) groups is 1. The van der Waals surface area contributed by atoms with E-state index >= 15 is 0 Å². The molecule has 0 aromatic heterocycles. The molecule has 1 amide bonds. The second kappa shape index (κ2) is 8.95. The van der Waals surface area contributed by atoms with Crippen LogP contribution in [0.5, 0.6) is 5.75 Å². The van der Waals surface area contributed by atoms with Crippen molar-refractivity contribution in [2.45, 2.75) is 39.4 Å². The fraction of sp³-hybridized carbons (Fsp3) is 0.381. The zero-order valence-corrected chi connectivity index (χ0v) is 16.5. The fourth-order valence-corrected chi connectivity index (χ4v) is 3.60. The van der Waals surface area contributed by atoms with Gasteiger partial charge in [-0.1, -0.05) is 49.7 Å². The molecule has 25 heavy (non-hydrogen) atoms. The number of amides is 1. The highest BCUT2D eigenvalue weighted by Gasteiger charge is 2.12. The minimum Gasteiger partial charge on any atom is -0.496 e. The van der Waals surface area contributed by atoms with Crippen molar-refractivity contribution in [1.29, 1.82) is 0 Å². The SMILES string of the molecule is COc1ccc(C)cc1CSCC(=O)Nc1c(C)cccc1C(C)C. The van der Waals surface area contributed by atoms with Crippen LogP contribution in [-0.4, -0.2) is 18.8 Å². The van der Waals surface area contributed by atoms with Gasteiger partial charge in [0.1, 0.15) is 5.75 Å². The van der Waals surface area contributed by atoms with Crippen LogP contribution in [0.15, 0.2) is 36.4 Å². The smallest absolute Gasteiger partial charge is 0.234 e. The van der Waals surface area contributed by atoms with Crippen molar-refractivity contribution in [2.75, 3.05) is 18.2 Å². The summed E-state index contributed by atoms with van der Waals surface area (Å²) in [6.45, 7) is 8.38. The third kappa shape index (κ3) is 5.27. The van der Waals surface area contributed by atoms with E-state index in [2.05, 4.69) is 38.2 Å². The molecule has 0 unspecified atom stereocenters. The molecule has 0 radical (unpaired) electrons. The molecule has 0 fully saturated rings. The molecule has 0 aliphatic heterocycles. The molecule has 0 heterocycles. The minimum atomic E-state index is 0.0350. The van der Waals surface area contributed by atoms with Gasteiger partial charge < -0.3 is 10.1 Å². The summed E-state index contributed by atoms with van der Waals surface area (Å²) in [4.78, 5) is 12.4. The first kappa shape index (κ1) is 19.4. The number of ether oxygens (including phenoxy) is 1. The highest BCUT2D eigenvalue weighted by molar-refractivity contribution is 7.99. The summed E-state index contributed by atoms with van der Waals surface area (Å²) < 4.78 is 5.40. The lowest BCUT2D eigenvalue weighted by Gasteiger charge is -2.16. The first-order chi connectivity index (χ1) is 11.9. The van der Waals surface area contributed by atoms with Crippen LogP contribution in [0.3, 0.4) is 0 Å². The van der Waals surface area contributed by atoms with Crippen LogP contribution in [0.25, 0.3) is 0 Å². The largest absolute Gasteiger partial charge is 0.496 e. The monoisotopic (exact) mass is 357 g/mol. The second-order valence-electron chi connectivity index (χ2n) is 6.55. The first-order valence-corrected chi connectivity index (χ1v) is 9.68. The standard InChI is InChI=1S/C21H27NO2S/c1-14(2)18-8-6-7-16(4)21(18)22-20(23)13-25-12-17-11-15(3)9-10-19(17)24-5/h6-11,14H,12-13H2,1-5H3,(H,22,23). The third-order valence-corrected chi connectivity index (χ3v) is 5.10. The topological polar surface area (TPSA) is 38.3 Å². The van der Waals surface area contributed by atoms with Gasteiger partial charge in [0.05, 0.1) is 12.9 Å². The number of anilines is 1. The van der Waals surface area contributed by atoms with Gasteiger partial charge in [0.2, 0.25) is 5.91 Å². The molecule has 3 nitrogen and oxygen atoms in total. The van der Waals surface area contributed by atoms with Crippen LogP contribution in [0, 0.1) is 13.8 Å². The molecule has 0 saturated heterocycles. The number of hydrogen-bond acceptors (Lipinski definition) is 3. The van der Waals surface area contributed by atoms with Crippen molar-refractivity contribution in [3.05, 3.63) is 58.7 Å². The van der Waals surface area contributed by atoms with Crippen molar-refractivity contribution < 1.29 is 9.53 Å². The number of para-hydroxylation sites is 1. The number of methoxy groups -OCH3 is 1. The minimum absolute atomic E-state index is 0.0350. The van der Waals surface area contributed by atoms with Crippen molar-refractivity contribution in [3.63, 3.8) is 0 Å². The third-order valence-electron chi connectivity index (χ3n) is 4.12. The van der Waals surface area contributed by atoms with Crippen LogP contribution in [-0.2, 0) is 10.5 Å². The number of carbonyl (C=O) groups excluding carboxylic acids is 1. The summed E-state index contributed by atoms with van der Waals surface area (Å²) in [5.41, 5.74) is 5.56. The predicted molar refractivity (Wildman–Crippen MR) is 108 cm³/mol. The van der Waals surface area contributed by atoms with E-state index in [-0.39, 0.29) is 5.91 Å². The molecule has 0 spiro atoms. The van der Waals surface area contributed by atoms with Gasteiger partial charge in [0, 0.05) is 17.0 Å². The highest BCUT2D eigenvalue weighted by atomic mass is 32.2. The number of rotatable bonds is 7. The van der Waals surface area contributed by atoms with E-state index in [4.69, 9.17) is 4.74 Å². The summed E-state index contributed by atoms with van der Waals surface area (Å²) >= 11 is 1.60. The fourth-order valence-electron chi connectivity index (χ4n) is 2.79. The molecule has 2 aromatic carbocycles. The average Bonchev–Trinajstić information content (AvgIpc) is 2.56. The lowest BCUT2D eigenvalue weighted by atomic mass is 9.98. The van der Waals surface area contributed by atoms with Gasteiger partial charge in [-0.25, -0.2) is 0 Å². The van der Waals surface area contributed by atoms with E-state index in [1.807, 2.05) is 31.2 Å². The molecular formula is C21H27NO2S. The Labute approximate surface area is 155 Å². The van der Waals surface area contributed by atoms with Gasteiger partial charge in [-0.05, 0) is 37.0 Å². The van der Waals surface area contributed by atoms with E-state index < -0.39 is 0 Å². The average molecular weight is 358 g/mol. The molecule has 2 aromatic rings. The van der Waals surface area contributed by atoms with E-state index in [1.165, 1.54) is 11.1 Å². The Kier molecular flexibility index (Phi) is 6.94. The Morgan fingerprint density at radius 3 is 2.64 bits per heavy atom. The molecule has 0 atom stereocenters. The maximum atomic E-state index is 12.4. The van der Waals surface area contributed by atoms with E-state index in [0.717, 1.165) is 28.3 Å². The van der Waals surface area contributed by atoms with E-state index in [0.29, 0.717) is 11.7 Å². The van der Waals surface area contributed by atoms with E-state index in [9.17, 15) is 4.79 Å². The van der Waals surface area contributed by atoms with Gasteiger partial charge in [-0.3, -0.25) is 4.79 Å². The Morgan fingerprint density at radius 1 is 1.20 bits per heavy atom. The number of carbonyl (C=O) groups is 1. The molecule has 4 heteroatoms. The Morgan fingerprint density at radius 2 is 1.96 bits per heavy atom. The van der Waals surface area contributed by atoms with Crippen molar-refractivity contribution in [1.82, 2.24) is 0 Å². The molecule has 0 aliphatic rings. The quantitative estimate of drug-likeness (QED) is 0.730. The summed E-state index contributed by atoms with van der Waals surface area (Å²) in [5, 5.41) is 3.10. The molecule has 0 aliphatic carbocycles. The van der Waals surface area contributed by atoms with Gasteiger partial charge in [-0.15, -0.1) is 11.8 Å². The molecule has 0 saturated carbocycles. The summed E-state index contributed by atoms with van der Waals surface area (Å²) in [5.74, 6) is 2.46. The van der Waals surface area contributed by atoms with Gasteiger partial charge in [0.25, 0.3) is 0 Å². The molecule has 2 rings (SSSR count). The second-order valence-corrected chi connectivity index (χ2v) is 7.54. The first-order valence-electron chi connectivity index (χ1n) is 8.53. The number of nitrogens with one attached hydrogen (secondary N) is 1. The molecule has 1 N–H and O–H groups in total. The Bertz CT molecular complexity index is 741. The maximum Gasteiger partial charge on any atom is 0.234 e. The van der Waals surface area contributed by atoms with Crippen LogP contribution in [0.4, 0.5) is 5.69 Å². The zero-order chi connectivity index (χ0) is 18.4. The lowest BCUT2D eigenvalue weighted by molar-refractivity contribution is -0.113. The summed E-state index contributed by atoms with van der Waals surface area (Å²) in [6, 6.07) is 12.3. The number of hydrogen-bond donors (Lipinski definition) is 1. The lowest BCUT2D eigenvalue weighted by Crippen LogP contribution is -2.16. The molecular weight excluding hydrogens is 330 g/mol. The van der Waals surface area contributed by atoms with Gasteiger partial charge >= 0.3 is 0 Å². The van der Waals surface area contributed by atoms with Crippen LogP contribution >= 0.6 is 11.8 Å². The van der Waals surface area contributed by atoms with Crippen molar-refractivity contribution in [2.24, 2.45) is 0 Å². The van der Waals surface area contributed by atoms with Crippen molar-refractivity contribution >= 4 is 23.4 Å². The van der Waals surface area contributed by atoms with Crippen LogP contribution in [0.1, 0.15) is 42.0 Å². The summed E-state index contributed by atoms with van der Waals surface area (Å²) in [7, 11) is 1.68. The summed E-state index contributed by atoms with van der Waals surface area (Å²) in [6.07, 6.45) is 0. The maximum absolute atomic E-state index is 12.4. The number of aryl methyl sites for hydroxylation is 2. The van der Waals surface area contributed by atoms with Crippen LogP contribution in [0.2, 0.25) is 0 Å². The Balaban J connectivity index is 1.97. The van der Waals surface area contributed by atoms with E-state index in [1.54, 1.807) is 18.9 Å². The van der Waals surface area contributed by atoms with Crippen LogP contribution < -0.4 is 10.1 Å². The van der Waals surface area contributed by atoms with Crippen molar-refractivity contribution in [3.8, 4) is 5.75 Å². The predicted octanol–water partition coefficient (Wildman–Crippen LogP) is 5.31. The molecule has 0 bridgehead atoms. The van der Waals surface area contributed by atoms with Gasteiger partial charge in [-0.2, -0.15) is 0 Å². The zero-order valence-electron chi connectivity index (χ0n) is 15.7. The highest BCUT2D eigenvalue weighted by Crippen LogP contribution is 2.28. The molecule has 134 valence electrons. The number of benzene rings is 2. The normalized spacial score (nSPS) is 10.8.